The molecule has 4 atom stereocenters. The molecule has 3 heterocycles. The summed E-state index contributed by atoms with van der Waals surface area (Å²) in [6.45, 7) is 9.14. The van der Waals surface area contributed by atoms with Crippen LogP contribution in [-0.4, -0.2) is 69.1 Å². The van der Waals surface area contributed by atoms with Crippen LogP contribution in [0.4, 0.5) is 0 Å². The number of fused-ring (bicyclic) bond motifs is 4. The summed E-state index contributed by atoms with van der Waals surface area (Å²) >= 11 is 0. The topological polar surface area (TPSA) is 150 Å². The molecule has 1 unspecified atom stereocenters. The van der Waals surface area contributed by atoms with Gasteiger partial charge in [-0.05, 0) is 82.9 Å². The van der Waals surface area contributed by atoms with Gasteiger partial charge in [-0.25, -0.2) is 5.43 Å². The largest absolute Gasteiger partial charge is 0.451 e. The first-order valence-corrected chi connectivity index (χ1v) is 16.0. The molecule has 2 aromatic rings. The van der Waals surface area contributed by atoms with Crippen LogP contribution in [0, 0.1) is 11.3 Å². The van der Waals surface area contributed by atoms with Crippen molar-refractivity contribution in [2.45, 2.75) is 103 Å². The lowest BCUT2D eigenvalue weighted by Crippen LogP contribution is -2.67. The number of carbonyl (C=O) groups is 4. The molecule has 5 bridgehead atoms. The van der Waals surface area contributed by atoms with Crippen LogP contribution in [0.3, 0.4) is 0 Å². The van der Waals surface area contributed by atoms with Gasteiger partial charge < -0.3 is 20.5 Å². The van der Waals surface area contributed by atoms with E-state index < -0.39 is 53.0 Å². The molecule has 5 rings (SSSR count). The third kappa shape index (κ3) is 6.89. The van der Waals surface area contributed by atoms with Gasteiger partial charge >= 0.3 is 5.97 Å². The average Bonchev–Trinajstić information content (AvgIpc) is 3.01. The van der Waals surface area contributed by atoms with E-state index in [0.717, 1.165) is 16.5 Å². The van der Waals surface area contributed by atoms with Crippen LogP contribution >= 0.6 is 0 Å². The Balaban J connectivity index is 1.55. The SMILES string of the molecule is CC(C)[C@@H]1OC(=O)C2(/C=C/c3ccc4ccc(nc4c3)[C@@H](C)NC(=O)C3(C)CCCN(N3)C(=O)[C@H](C)NC1=O)CCC(O)CC2. The first kappa shape index (κ1) is 32.6. The molecule has 3 aliphatic rings. The molecule has 1 spiro atoms. The molecule has 1 aliphatic carbocycles. The lowest BCUT2D eigenvalue weighted by molar-refractivity contribution is -0.168. The van der Waals surface area contributed by atoms with Gasteiger partial charge in [-0.2, -0.15) is 0 Å². The van der Waals surface area contributed by atoms with Crippen molar-refractivity contribution in [1.29, 1.82) is 0 Å². The summed E-state index contributed by atoms with van der Waals surface area (Å²) in [5.41, 5.74) is 3.28. The summed E-state index contributed by atoms with van der Waals surface area (Å²) in [5, 5.41) is 18.4. The number of hydrazine groups is 1. The summed E-state index contributed by atoms with van der Waals surface area (Å²) < 4.78 is 5.95. The summed E-state index contributed by atoms with van der Waals surface area (Å²) in [5.74, 6) is -2.12. The minimum Gasteiger partial charge on any atom is -0.451 e. The van der Waals surface area contributed by atoms with Crippen molar-refractivity contribution in [2.75, 3.05) is 6.54 Å². The number of aromatic nitrogens is 1. The van der Waals surface area contributed by atoms with Gasteiger partial charge in [0.05, 0.1) is 28.8 Å². The molecule has 4 N–H and O–H groups in total. The Morgan fingerprint density at radius 3 is 2.42 bits per heavy atom. The van der Waals surface area contributed by atoms with Crippen LogP contribution in [0.2, 0.25) is 0 Å². The van der Waals surface area contributed by atoms with Crippen molar-refractivity contribution in [2.24, 2.45) is 11.3 Å². The Kier molecular flexibility index (Phi) is 9.32. The third-order valence-electron chi connectivity index (χ3n) is 9.41. The molecule has 45 heavy (non-hydrogen) atoms. The first-order chi connectivity index (χ1) is 21.3. The van der Waals surface area contributed by atoms with Gasteiger partial charge in [0, 0.05) is 11.9 Å². The number of ether oxygens (including phenoxy) is 1. The number of aliphatic hydroxyl groups is 1. The van der Waals surface area contributed by atoms with Crippen molar-refractivity contribution in [1.82, 2.24) is 26.1 Å². The molecular weight excluding hydrogens is 574 g/mol. The molecule has 1 aromatic heterocycles. The van der Waals surface area contributed by atoms with E-state index in [1.807, 2.05) is 49.4 Å². The number of carbonyl (C=O) groups excluding carboxylic acids is 4. The normalized spacial score (nSPS) is 32.7. The van der Waals surface area contributed by atoms with E-state index in [2.05, 4.69) is 16.1 Å². The summed E-state index contributed by atoms with van der Waals surface area (Å²) in [6.07, 6.45) is 4.77. The van der Waals surface area contributed by atoms with E-state index in [1.165, 1.54) is 5.01 Å². The third-order valence-corrected chi connectivity index (χ3v) is 9.41. The van der Waals surface area contributed by atoms with Crippen molar-refractivity contribution < 1.29 is 29.0 Å². The molecule has 3 amide bonds. The Morgan fingerprint density at radius 2 is 1.71 bits per heavy atom. The monoisotopic (exact) mass is 619 g/mol. The zero-order valence-corrected chi connectivity index (χ0v) is 26.8. The molecule has 1 saturated carbocycles. The fourth-order valence-corrected chi connectivity index (χ4v) is 6.38. The molecule has 2 aliphatic heterocycles. The van der Waals surface area contributed by atoms with Gasteiger partial charge in [-0.3, -0.25) is 29.2 Å². The fraction of sp³-hybridized carbons (Fsp3) is 0.559. The van der Waals surface area contributed by atoms with Gasteiger partial charge in [0.15, 0.2) is 6.10 Å². The second-order valence-corrected chi connectivity index (χ2v) is 13.4. The predicted molar refractivity (Wildman–Crippen MR) is 169 cm³/mol. The van der Waals surface area contributed by atoms with Crippen molar-refractivity contribution in [3.8, 4) is 0 Å². The second-order valence-electron chi connectivity index (χ2n) is 13.4. The van der Waals surface area contributed by atoms with E-state index in [0.29, 0.717) is 50.8 Å². The number of nitrogens with zero attached hydrogens (tertiary/aromatic N) is 2. The first-order valence-electron chi connectivity index (χ1n) is 16.0. The average molecular weight is 620 g/mol. The zero-order valence-electron chi connectivity index (χ0n) is 26.8. The smallest absolute Gasteiger partial charge is 0.316 e. The highest BCUT2D eigenvalue weighted by atomic mass is 16.5. The maximum atomic E-state index is 13.9. The highest BCUT2D eigenvalue weighted by Gasteiger charge is 2.44. The standard InChI is InChI=1S/C34H45N5O6/c1-20(2)28-29(41)35-22(4)30(42)39-18-6-14-33(5,38-39)31(43)36-21(3)26-10-9-24-8-7-23(19-27(24)37-26)11-15-34(32(44)45-28)16-12-25(40)13-17-34/h7-11,15,19-22,25,28,38,40H,6,12-14,16-18H2,1-5H3,(H,35,41)(H,36,43)/b15-11+/t21-,22+,25?,28+,33?,34?/m1/s1. The van der Waals surface area contributed by atoms with Crippen LogP contribution in [0.25, 0.3) is 17.0 Å². The van der Waals surface area contributed by atoms with E-state index in [9.17, 15) is 24.3 Å². The van der Waals surface area contributed by atoms with Gasteiger partial charge in [0.25, 0.3) is 11.8 Å². The maximum Gasteiger partial charge on any atom is 0.316 e. The van der Waals surface area contributed by atoms with E-state index in [1.54, 1.807) is 27.7 Å². The summed E-state index contributed by atoms with van der Waals surface area (Å²) in [4.78, 5) is 59.3. The molecule has 242 valence electrons. The quantitative estimate of drug-likeness (QED) is 0.355. The second kappa shape index (κ2) is 12.9. The van der Waals surface area contributed by atoms with Crippen LogP contribution < -0.4 is 16.1 Å². The molecule has 2 fully saturated rings. The number of amides is 3. The summed E-state index contributed by atoms with van der Waals surface area (Å²) in [6, 6.07) is 8.34. The Hall–Kier alpha value is -3.83. The number of benzene rings is 1. The highest BCUT2D eigenvalue weighted by Crippen LogP contribution is 2.40. The molecule has 1 saturated heterocycles. The van der Waals surface area contributed by atoms with Gasteiger partial charge in [-0.1, -0.05) is 44.2 Å². The zero-order chi connectivity index (χ0) is 32.5. The van der Waals surface area contributed by atoms with E-state index in [-0.39, 0.29) is 11.8 Å². The van der Waals surface area contributed by atoms with E-state index in [4.69, 9.17) is 9.72 Å². The number of nitrogens with one attached hydrogen (secondary N) is 3. The number of pyridine rings is 1. The Bertz CT molecular complexity index is 1500. The minimum absolute atomic E-state index is 0.261. The van der Waals surface area contributed by atoms with Crippen molar-refractivity contribution in [3.63, 3.8) is 0 Å². The van der Waals surface area contributed by atoms with Crippen LogP contribution in [0.5, 0.6) is 0 Å². The molecule has 1 aromatic carbocycles. The van der Waals surface area contributed by atoms with Crippen molar-refractivity contribution in [3.05, 3.63) is 47.7 Å². The van der Waals surface area contributed by atoms with Gasteiger partial charge in [-0.15, -0.1) is 0 Å². The number of cyclic esters (lactones) is 1. The molecule has 11 nitrogen and oxygen atoms in total. The van der Waals surface area contributed by atoms with Gasteiger partial charge in [0.2, 0.25) is 5.91 Å². The predicted octanol–water partition coefficient (Wildman–Crippen LogP) is 3.32. The number of rotatable bonds is 1. The van der Waals surface area contributed by atoms with Crippen LogP contribution in [0.1, 0.15) is 90.4 Å². The number of hydrogen-bond donors (Lipinski definition) is 4. The Morgan fingerprint density at radius 1 is 1.00 bits per heavy atom. The lowest BCUT2D eigenvalue weighted by atomic mass is 9.72. The molecule has 0 radical (unpaired) electrons. The Labute approximate surface area is 264 Å². The molecular formula is C34H45N5O6. The number of aliphatic hydroxyl groups excluding tert-OH is 1. The van der Waals surface area contributed by atoms with Gasteiger partial charge in [0.1, 0.15) is 11.6 Å². The number of esters is 1. The highest BCUT2D eigenvalue weighted by molar-refractivity contribution is 5.92. The number of hydrogen-bond acceptors (Lipinski definition) is 8. The maximum absolute atomic E-state index is 13.9. The van der Waals surface area contributed by atoms with E-state index >= 15 is 0 Å². The van der Waals surface area contributed by atoms with Crippen LogP contribution in [-0.2, 0) is 23.9 Å². The lowest BCUT2D eigenvalue weighted by Gasteiger charge is -2.41. The minimum atomic E-state index is -1.13. The fourth-order valence-electron chi connectivity index (χ4n) is 6.38. The van der Waals surface area contributed by atoms with Crippen LogP contribution in [0.15, 0.2) is 36.4 Å². The molecule has 11 heteroatoms. The summed E-state index contributed by atoms with van der Waals surface area (Å²) in [7, 11) is 0. The van der Waals surface area contributed by atoms with Crippen molar-refractivity contribution >= 4 is 40.7 Å².